The number of benzene rings is 1. The first-order valence-corrected chi connectivity index (χ1v) is 9.54. The number of ketones is 1. The lowest BCUT2D eigenvalue weighted by atomic mass is 10.1. The molecule has 2 amide bonds. The van der Waals surface area contributed by atoms with E-state index in [2.05, 4.69) is 29.5 Å². The molecule has 2 aromatic heterocycles. The number of hydrogen-bond acceptors (Lipinski definition) is 4. The Bertz CT molecular complexity index is 1070. The van der Waals surface area contributed by atoms with E-state index in [1.165, 1.54) is 6.92 Å². The summed E-state index contributed by atoms with van der Waals surface area (Å²) in [5, 5.41) is 5.61. The number of fused-ring (bicyclic) bond motifs is 1. The van der Waals surface area contributed by atoms with E-state index in [0.717, 1.165) is 6.42 Å². The molecule has 7 nitrogen and oxygen atoms in total. The highest BCUT2D eigenvalue weighted by Gasteiger charge is 2.21. The minimum atomic E-state index is -0.465. The van der Waals surface area contributed by atoms with Gasteiger partial charge in [0.05, 0.1) is 5.52 Å². The van der Waals surface area contributed by atoms with Gasteiger partial charge < -0.3 is 10.6 Å². The van der Waals surface area contributed by atoms with E-state index >= 15 is 0 Å². The van der Waals surface area contributed by atoms with Gasteiger partial charge in [0.15, 0.2) is 11.5 Å². The van der Waals surface area contributed by atoms with Crippen LogP contribution in [0.5, 0.6) is 0 Å². The second kappa shape index (κ2) is 8.68. The molecule has 0 unspecified atom stereocenters. The summed E-state index contributed by atoms with van der Waals surface area (Å²) in [7, 11) is 0. The van der Waals surface area contributed by atoms with Crippen LogP contribution in [0.2, 0.25) is 0 Å². The molecule has 150 valence electrons. The molecule has 29 heavy (non-hydrogen) atoms. The highest BCUT2D eigenvalue weighted by Crippen LogP contribution is 2.16. The Morgan fingerprint density at radius 1 is 1.07 bits per heavy atom. The maximum absolute atomic E-state index is 12.8. The first kappa shape index (κ1) is 20.3. The van der Waals surface area contributed by atoms with E-state index in [1.54, 1.807) is 53.1 Å². The van der Waals surface area contributed by atoms with E-state index in [9.17, 15) is 14.4 Å². The highest BCUT2D eigenvalue weighted by molar-refractivity contribution is 6.06. The van der Waals surface area contributed by atoms with Crippen molar-refractivity contribution in [2.45, 2.75) is 27.2 Å². The van der Waals surface area contributed by atoms with Gasteiger partial charge in [-0.3, -0.25) is 18.8 Å². The number of nitrogens with one attached hydrogen (secondary N) is 2. The molecule has 2 N–H and O–H groups in total. The highest BCUT2D eigenvalue weighted by atomic mass is 16.2. The van der Waals surface area contributed by atoms with Gasteiger partial charge in [-0.25, -0.2) is 4.98 Å². The van der Waals surface area contributed by atoms with Crippen molar-refractivity contribution in [3.05, 3.63) is 65.7 Å². The summed E-state index contributed by atoms with van der Waals surface area (Å²) in [6.45, 7) is 6.18. The first-order valence-electron chi connectivity index (χ1n) is 9.54. The fourth-order valence-electron chi connectivity index (χ4n) is 2.93. The lowest BCUT2D eigenvalue weighted by Crippen LogP contribution is -2.26. The molecular formula is C22H24N4O3. The molecule has 0 aliphatic rings. The lowest BCUT2D eigenvalue weighted by molar-refractivity contribution is 0.0948. The van der Waals surface area contributed by atoms with Crippen LogP contribution in [-0.4, -0.2) is 33.5 Å². The van der Waals surface area contributed by atoms with Crippen LogP contribution >= 0.6 is 0 Å². The van der Waals surface area contributed by atoms with Gasteiger partial charge in [-0.15, -0.1) is 0 Å². The average molecular weight is 392 g/mol. The van der Waals surface area contributed by atoms with E-state index in [-0.39, 0.29) is 23.2 Å². The molecule has 3 aromatic rings. The second-order valence-electron chi connectivity index (χ2n) is 7.27. The predicted molar refractivity (Wildman–Crippen MR) is 111 cm³/mol. The molecule has 0 fully saturated rings. The summed E-state index contributed by atoms with van der Waals surface area (Å²) < 4.78 is 1.58. The number of nitrogens with zero attached hydrogens (tertiary/aromatic N) is 2. The van der Waals surface area contributed by atoms with Crippen molar-refractivity contribution in [2.24, 2.45) is 5.92 Å². The van der Waals surface area contributed by atoms with Gasteiger partial charge in [-0.05, 0) is 43.5 Å². The largest absolute Gasteiger partial charge is 0.351 e. The number of aromatic nitrogens is 2. The van der Waals surface area contributed by atoms with Gasteiger partial charge in [-0.1, -0.05) is 32.0 Å². The Labute approximate surface area is 169 Å². The maximum Gasteiger partial charge on any atom is 0.292 e. The van der Waals surface area contributed by atoms with Gasteiger partial charge >= 0.3 is 0 Å². The van der Waals surface area contributed by atoms with Crippen molar-refractivity contribution >= 4 is 28.8 Å². The van der Waals surface area contributed by atoms with Gasteiger partial charge in [0, 0.05) is 24.0 Å². The van der Waals surface area contributed by atoms with Gasteiger partial charge in [0.2, 0.25) is 5.82 Å². The number of rotatable bonds is 7. The number of pyridine rings is 1. The molecule has 0 bridgehead atoms. The Morgan fingerprint density at radius 2 is 1.86 bits per heavy atom. The number of Topliss-reactive ketones (excluding diaryl/α,β-unsaturated/α-hetero) is 1. The number of hydrogen-bond donors (Lipinski definition) is 2. The van der Waals surface area contributed by atoms with Crippen molar-refractivity contribution in [3.63, 3.8) is 0 Å². The van der Waals surface area contributed by atoms with Crippen LogP contribution in [0.3, 0.4) is 0 Å². The van der Waals surface area contributed by atoms with Crippen molar-refractivity contribution < 1.29 is 14.4 Å². The summed E-state index contributed by atoms with van der Waals surface area (Å²) in [6.07, 6.45) is 2.55. The fraction of sp³-hybridized carbons (Fsp3) is 0.273. The standard InChI is InChI=1S/C22H24N4O3/c1-14(2)10-11-23-21(28)19-18-9-4-5-12-26(18)20(25-19)22(29)24-17-8-6-7-16(13-17)15(3)27/h4-9,12-14H,10-11H2,1-3H3,(H,23,28)(H,24,29). The minimum Gasteiger partial charge on any atom is -0.351 e. The summed E-state index contributed by atoms with van der Waals surface area (Å²) in [5.74, 6) is -0.295. The third kappa shape index (κ3) is 4.68. The molecular weight excluding hydrogens is 368 g/mol. The van der Waals surface area contributed by atoms with Crippen LogP contribution in [0.15, 0.2) is 48.7 Å². The SMILES string of the molecule is CC(=O)c1cccc(NC(=O)c2nc(C(=O)NCCC(C)C)c3ccccn23)c1. The Morgan fingerprint density at radius 3 is 2.59 bits per heavy atom. The molecule has 7 heteroatoms. The number of carbonyl (C=O) groups excluding carboxylic acids is 3. The predicted octanol–water partition coefficient (Wildman–Crippen LogP) is 3.57. The molecule has 3 rings (SSSR count). The molecule has 0 aliphatic carbocycles. The Hall–Kier alpha value is -3.48. The second-order valence-corrected chi connectivity index (χ2v) is 7.27. The van der Waals surface area contributed by atoms with Crippen LogP contribution in [0.4, 0.5) is 5.69 Å². The first-order chi connectivity index (χ1) is 13.9. The van der Waals surface area contributed by atoms with Gasteiger partial charge in [0.25, 0.3) is 11.8 Å². The summed E-state index contributed by atoms with van der Waals surface area (Å²) in [6, 6.07) is 12.0. The molecule has 0 radical (unpaired) electrons. The number of carbonyl (C=O) groups is 3. The quantitative estimate of drug-likeness (QED) is 0.601. The van der Waals surface area contributed by atoms with Gasteiger partial charge in [-0.2, -0.15) is 0 Å². The van der Waals surface area contributed by atoms with Crippen molar-refractivity contribution in [2.75, 3.05) is 11.9 Å². The van der Waals surface area contributed by atoms with Crippen LogP contribution in [0.25, 0.3) is 5.52 Å². The monoisotopic (exact) mass is 392 g/mol. The molecule has 0 saturated heterocycles. The minimum absolute atomic E-state index is 0.0901. The van der Waals surface area contributed by atoms with E-state index in [1.807, 2.05) is 0 Å². The van der Waals surface area contributed by atoms with Gasteiger partial charge in [0.1, 0.15) is 0 Å². The zero-order valence-corrected chi connectivity index (χ0v) is 16.7. The lowest BCUT2D eigenvalue weighted by Gasteiger charge is -2.05. The maximum atomic E-state index is 12.8. The zero-order valence-electron chi connectivity index (χ0n) is 16.7. The van der Waals surface area contributed by atoms with E-state index < -0.39 is 5.91 Å². The van der Waals surface area contributed by atoms with Crippen LogP contribution in [-0.2, 0) is 0 Å². The number of amides is 2. The summed E-state index contributed by atoms with van der Waals surface area (Å²) >= 11 is 0. The van der Waals surface area contributed by atoms with Crippen LogP contribution in [0, 0.1) is 5.92 Å². The normalized spacial score (nSPS) is 10.9. The summed E-state index contributed by atoms with van der Waals surface area (Å²) in [5.41, 5.74) is 1.74. The number of anilines is 1. The Balaban J connectivity index is 1.87. The number of imidazole rings is 1. The Kier molecular flexibility index (Phi) is 6.07. The van der Waals surface area contributed by atoms with Crippen molar-refractivity contribution in [1.29, 1.82) is 0 Å². The molecule has 1 aromatic carbocycles. The van der Waals surface area contributed by atoms with E-state index in [0.29, 0.717) is 29.2 Å². The zero-order chi connectivity index (χ0) is 21.0. The smallest absolute Gasteiger partial charge is 0.292 e. The van der Waals surface area contributed by atoms with Crippen molar-refractivity contribution in [3.8, 4) is 0 Å². The molecule has 0 spiro atoms. The topological polar surface area (TPSA) is 92.6 Å². The fourth-order valence-corrected chi connectivity index (χ4v) is 2.93. The summed E-state index contributed by atoms with van der Waals surface area (Å²) in [4.78, 5) is 41.3. The van der Waals surface area contributed by atoms with Crippen LogP contribution in [0.1, 0.15) is 58.7 Å². The third-order valence-corrected chi connectivity index (χ3v) is 4.50. The molecule has 0 aliphatic heterocycles. The molecule has 2 heterocycles. The molecule has 0 atom stereocenters. The van der Waals surface area contributed by atoms with Crippen molar-refractivity contribution in [1.82, 2.24) is 14.7 Å². The average Bonchev–Trinajstić information content (AvgIpc) is 3.08. The van der Waals surface area contributed by atoms with Crippen LogP contribution < -0.4 is 10.6 Å². The van der Waals surface area contributed by atoms with E-state index in [4.69, 9.17) is 0 Å². The molecule has 0 saturated carbocycles. The third-order valence-electron chi connectivity index (χ3n) is 4.50.